The second kappa shape index (κ2) is 10.8. The van der Waals surface area contributed by atoms with Gasteiger partial charge in [0.05, 0.1) is 12.7 Å². The van der Waals surface area contributed by atoms with Gasteiger partial charge < -0.3 is 14.7 Å². The number of rotatable bonds is 8. The Labute approximate surface area is 180 Å². The van der Waals surface area contributed by atoms with E-state index in [2.05, 4.69) is 11.5 Å². The summed E-state index contributed by atoms with van der Waals surface area (Å²) in [4.78, 5) is 5.24. The third kappa shape index (κ3) is 6.81. The Morgan fingerprint density at radius 2 is 1.90 bits per heavy atom. The number of benzene rings is 1. The van der Waals surface area contributed by atoms with Gasteiger partial charge in [-0.3, -0.25) is 9.80 Å². The van der Waals surface area contributed by atoms with Gasteiger partial charge >= 0.3 is 6.18 Å². The average molecular weight is 443 g/mol. The largest absolute Gasteiger partial charge is 0.497 e. The summed E-state index contributed by atoms with van der Waals surface area (Å²) in [6.07, 6.45) is -0.351. The van der Waals surface area contributed by atoms with Crippen molar-refractivity contribution in [3.05, 3.63) is 65.7 Å². The molecule has 0 spiro atoms. The first-order valence-electron chi connectivity index (χ1n) is 9.87. The number of piperazine rings is 1. The summed E-state index contributed by atoms with van der Waals surface area (Å²) in [5.74, 6) is -0.597. The number of aliphatic hydroxyl groups excluding tert-OH is 1. The minimum absolute atomic E-state index is 0.0834. The molecule has 1 unspecified atom stereocenters. The van der Waals surface area contributed by atoms with E-state index in [0.29, 0.717) is 38.8 Å². The van der Waals surface area contributed by atoms with Crippen LogP contribution in [0.1, 0.15) is 12.5 Å². The zero-order valence-electron chi connectivity index (χ0n) is 18.0. The molecule has 1 saturated heterocycles. The van der Waals surface area contributed by atoms with Gasteiger partial charge in [-0.1, -0.05) is 12.7 Å². The van der Waals surface area contributed by atoms with Crippen molar-refractivity contribution in [1.29, 1.82) is 0 Å². The van der Waals surface area contributed by atoms with Gasteiger partial charge in [0, 0.05) is 45.5 Å². The standard InChI is InChI=1S/C22H29F4N3O2/c1-5-18(31-4)8-6-16(2)15-28-10-12-29(13-11-28)21(30)27(3)17-7-9-20(23)19(14-17)22(24,25)26/h5-9,14,21,30H,2,10-13,15H2,1,3-4H3. The number of nitrogens with zero attached hydrogens (tertiary/aromatic N) is 3. The van der Waals surface area contributed by atoms with Gasteiger partial charge in [-0.15, -0.1) is 0 Å². The number of hydrogen-bond acceptors (Lipinski definition) is 5. The van der Waals surface area contributed by atoms with E-state index in [9.17, 15) is 22.7 Å². The van der Waals surface area contributed by atoms with Crippen LogP contribution >= 0.6 is 0 Å². The molecule has 9 heteroatoms. The molecule has 0 radical (unpaired) electrons. The van der Waals surface area contributed by atoms with Crippen molar-refractivity contribution in [2.45, 2.75) is 19.5 Å². The van der Waals surface area contributed by atoms with Crippen LogP contribution in [0.15, 0.2) is 54.3 Å². The molecule has 5 nitrogen and oxygen atoms in total. The van der Waals surface area contributed by atoms with Crippen molar-refractivity contribution < 1.29 is 27.4 Å². The molecule has 31 heavy (non-hydrogen) atoms. The molecule has 1 aliphatic heterocycles. The number of anilines is 1. The fourth-order valence-corrected chi connectivity index (χ4v) is 3.30. The molecule has 0 amide bonds. The highest BCUT2D eigenvalue weighted by atomic mass is 19.4. The topological polar surface area (TPSA) is 39.2 Å². The van der Waals surface area contributed by atoms with Crippen molar-refractivity contribution in [3.8, 4) is 0 Å². The van der Waals surface area contributed by atoms with E-state index in [-0.39, 0.29) is 5.69 Å². The van der Waals surface area contributed by atoms with Crippen molar-refractivity contribution in [2.75, 3.05) is 51.8 Å². The first-order valence-corrected chi connectivity index (χ1v) is 9.87. The van der Waals surface area contributed by atoms with Crippen LogP contribution < -0.4 is 4.90 Å². The Kier molecular flexibility index (Phi) is 8.67. The minimum atomic E-state index is -4.80. The van der Waals surface area contributed by atoms with Crippen LogP contribution in [0.3, 0.4) is 0 Å². The fourth-order valence-electron chi connectivity index (χ4n) is 3.30. The second-order valence-electron chi connectivity index (χ2n) is 7.32. The molecule has 1 N–H and O–H groups in total. The molecule has 1 fully saturated rings. The van der Waals surface area contributed by atoms with E-state index in [4.69, 9.17) is 4.74 Å². The number of methoxy groups -OCH3 is 1. The Bertz CT molecular complexity index is 815. The van der Waals surface area contributed by atoms with Gasteiger partial charge in [0.1, 0.15) is 11.6 Å². The predicted octanol–water partition coefficient (Wildman–Crippen LogP) is 3.84. The van der Waals surface area contributed by atoms with Gasteiger partial charge in [-0.25, -0.2) is 4.39 Å². The van der Waals surface area contributed by atoms with Crippen molar-refractivity contribution >= 4 is 5.69 Å². The first kappa shape index (κ1) is 24.9. The minimum Gasteiger partial charge on any atom is -0.497 e. The van der Waals surface area contributed by atoms with Gasteiger partial charge in [-0.2, -0.15) is 13.2 Å². The number of hydrogen-bond donors (Lipinski definition) is 1. The van der Waals surface area contributed by atoms with Gasteiger partial charge in [0.25, 0.3) is 0 Å². The van der Waals surface area contributed by atoms with Gasteiger partial charge in [-0.05, 0) is 42.8 Å². The number of allylic oxidation sites excluding steroid dienone is 2. The molecule has 2 rings (SSSR count). The van der Waals surface area contributed by atoms with Crippen LogP contribution in [-0.2, 0) is 10.9 Å². The third-order valence-electron chi connectivity index (χ3n) is 5.17. The lowest BCUT2D eigenvalue weighted by atomic mass is 10.1. The van der Waals surface area contributed by atoms with Gasteiger partial charge in [0.15, 0.2) is 6.35 Å². The Hall–Kier alpha value is -2.36. The number of alkyl halides is 3. The highest BCUT2D eigenvalue weighted by Crippen LogP contribution is 2.34. The maximum Gasteiger partial charge on any atom is 0.419 e. The molecule has 0 saturated carbocycles. The SMILES string of the molecule is C=C(C=CC(=CC)OC)CN1CCN(C(O)N(C)c2ccc(F)c(C(F)(F)F)c2)CC1. The summed E-state index contributed by atoms with van der Waals surface area (Å²) >= 11 is 0. The first-order chi connectivity index (χ1) is 14.6. The molecule has 1 aromatic rings. The summed E-state index contributed by atoms with van der Waals surface area (Å²) in [6, 6.07) is 2.70. The maximum absolute atomic E-state index is 13.5. The van der Waals surface area contributed by atoms with Crippen molar-refractivity contribution in [3.63, 3.8) is 0 Å². The number of halogens is 4. The van der Waals surface area contributed by atoms with E-state index in [1.807, 2.05) is 25.2 Å². The molecule has 1 aromatic carbocycles. The van der Waals surface area contributed by atoms with E-state index >= 15 is 0 Å². The van der Waals surface area contributed by atoms with Crippen LogP contribution in [0, 0.1) is 5.82 Å². The monoisotopic (exact) mass is 443 g/mol. The maximum atomic E-state index is 13.5. The lowest BCUT2D eigenvalue weighted by Gasteiger charge is -2.40. The predicted molar refractivity (Wildman–Crippen MR) is 113 cm³/mol. The van der Waals surface area contributed by atoms with Crippen LogP contribution in [-0.4, -0.2) is 68.1 Å². The summed E-state index contributed by atoms with van der Waals surface area (Å²) in [7, 11) is 3.07. The second-order valence-corrected chi connectivity index (χ2v) is 7.32. The van der Waals surface area contributed by atoms with Crippen LogP contribution in [0.2, 0.25) is 0 Å². The van der Waals surface area contributed by atoms with Gasteiger partial charge in [0.2, 0.25) is 0 Å². The van der Waals surface area contributed by atoms with Crippen molar-refractivity contribution in [2.24, 2.45) is 0 Å². The summed E-state index contributed by atoms with van der Waals surface area (Å²) in [5, 5.41) is 10.6. The van der Waals surface area contributed by atoms with E-state index in [1.54, 1.807) is 12.0 Å². The third-order valence-corrected chi connectivity index (χ3v) is 5.17. The zero-order chi connectivity index (χ0) is 23.2. The summed E-state index contributed by atoms with van der Waals surface area (Å²) < 4.78 is 57.6. The molecule has 1 atom stereocenters. The summed E-state index contributed by atoms with van der Waals surface area (Å²) in [6.45, 7) is 8.95. The molecule has 0 aliphatic carbocycles. The molecule has 0 aromatic heterocycles. The Morgan fingerprint density at radius 1 is 1.26 bits per heavy atom. The van der Waals surface area contributed by atoms with E-state index < -0.39 is 23.9 Å². The number of aliphatic hydroxyl groups is 1. The lowest BCUT2D eigenvalue weighted by molar-refractivity contribution is -0.140. The molecule has 1 heterocycles. The van der Waals surface area contributed by atoms with Crippen LogP contribution in [0.25, 0.3) is 0 Å². The Balaban J connectivity index is 1.93. The molecule has 0 bridgehead atoms. The number of ether oxygens (including phenoxy) is 1. The Morgan fingerprint density at radius 3 is 2.45 bits per heavy atom. The molecular weight excluding hydrogens is 414 g/mol. The van der Waals surface area contributed by atoms with E-state index in [0.717, 1.165) is 17.4 Å². The normalized spacial score (nSPS) is 17.7. The molecule has 1 aliphatic rings. The van der Waals surface area contributed by atoms with Crippen LogP contribution in [0.5, 0.6) is 0 Å². The van der Waals surface area contributed by atoms with Crippen molar-refractivity contribution in [1.82, 2.24) is 9.80 Å². The smallest absolute Gasteiger partial charge is 0.419 e. The summed E-state index contributed by atoms with van der Waals surface area (Å²) in [5.41, 5.74) is -0.358. The lowest BCUT2D eigenvalue weighted by Crippen LogP contribution is -2.55. The highest BCUT2D eigenvalue weighted by molar-refractivity contribution is 5.49. The quantitative estimate of drug-likeness (QED) is 0.286. The fraction of sp³-hybridized carbons (Fsp3) is 0.455. The van der Waals surface area contributed by atoms with E-state index in [1.165, 1.54) is 18.0 Å². The zero-order valence-corrected chi connectivity index (χ0v) is 18.0. The average Bonchev–Trinajstić information content (AvgIpc) is 2.73. The molecule has 172 valence electrons. The van der Waals surface area contributed by atoms with Crippen LogP contribution in [0.4, 0.5) is 23.2 Å². The highest BCUT2D eigenvalue weighted by Gasteiger charge is 2.35. The molecular formula is C22H29F4N3O2.